The van der Waals surface area contributed by atoms with E-state index in [0.29, 0.717) is 0 Å². The average Bonchev–Trinajstić information content (AvgIpc) is 2.68. The molecule has 2 heteroatoms. The van der Waals surface area contributed by atoms with E-state index in [0.717, 1.165) is 27.7 Å². The normalized spacial score (nSPS) is 11.5. The monoisotopic (exact) mass is 310 g/mol. The number of fused-ring (bicyclic) bond motifs is 1. The van der Waals surface area contributed by atoms with Crippen LogP contribution >= 0.6 is 0 Å². The number of nitrogens with zero attached hydrogens (tertiary/aromatic N) is 1. The zero-order valence-electron chi connectivity index (χ0n) is 13.3. The molecule has 116 valence electrons. The first-order valence-corrected chi connectivity index (χ1v) is 8.05. The third kappa shape index (κ3) is 2.38. The second kappa shape index (κ2) is 5.91. The van der Waals surface area contributed by atoms with Crippen LogP contribution in [0.25, 0.3) is 10.9 Å². The van der Waals surface area contributed by atoms with E-state index in [1.807, 2.05) is 60.7 Å². The summed E-state index contributed by atoms with van der Waals surface area (Å²) < 4.78 is 0. The van der Waals surface area contributed by atoms with Gasteiger partial charge >= 0.3 is 0 Å². The van der Waals surface area contributed by atoms with Crippen LogP contribution < -0.4 is 5.73 Å². The van der Waals surface area contributed by atoms with Crippen LogP contribution in [0, 0.1) is 0 Å². The lowest BCUT2D eigenvalue weighted by Gasteiger charge is -2.30. The zero-order valence-corrected chi connectivity index (χ0v) is 13.3. The Morgan fingerprint density at radius 1 is 0.583 bits per heavy atom. The average molecular weight is 310 g/mol. The summed E-state index contributed by atoms with van der Waals surface area (Å²) in [5.41, 5.74) is 10.1. The fourth-order valence-corrected chi connectivity index (χ4v) is 3.15. The number of para-hydroxylation sites is 1. The maximum absolute atomic E-state index is 6.99. The molecule has 0 aliphatic rings. The first-order valence-electron chi connectivity index (χ1n) is 8.05. The number of pyridine rings is 1. The highest BCUT2D eigenvalue weighted by Crippen LogP contribution is 2.33. The van der Waals surface area contributed by atoms with E-state index in [1.165, 1.54) is 0 Å². The molecule has 0 unspecified atom stereocenters. The summed E-state index contributed by atoms with van der Waals surface area (Å²) in [7, 11) is 0. The van der Waals surface area contributed by atoms with E-state index < -0.39 is 5.54 Å². The van der Waals surface area contributed by atoms with E-state index in [-0.39, 0.29) is 0 Å². The van der Waals surface area contributed by atoms with E-state index in [4.69, 9.17) is 10.7 Å². The number of benzene rings is 3. The van der Waals surface area contributed by atoms with Crippen molar-refractivity contribution < 1.29 is 0 Å². The Kier molecular flexibility index (Phi) is 3.60. The lowest BCUT2D eigenvalue weighted by Crippen LogP contribution is -2.40. The Labute approximate surface area is 141 Å². The van der Waals surface area contributed by atoms with Gasteiger partial charge in [0.25, 0.3) is 0 Å². The minimum Gasteiger partial charge on any atom is -0.313 e. The minimum atomic E-state index is -0.785. The number of nitrogens with two attached hydrogens (primary N) is 1. The van der Waals surface area contributed by atoms with E-state index in [2.05, 4.69) is 36.4 Å². The van der Waals surface area contributed by atoms with Gasteiger partial charge in [-0.1, -0.05) is 84.9 Å². The Morgan fingerprint density at radius 2 is 1.12 bits per heavy atom. The van der Waals surface area contributed by atoms with Gasteiger partial charge in [-0.3, -0.25) is 4.98 Å². The van der Waals surface area contributed by atoms with Crippen molar-refractivity contribution in [3.8, 4) is 0 Å². The molecular formula is C22H18N2. The Hall–Kier alpha value is -2.97. The van der Waals surface area contributed by atoms with Gasteiger partial charge in [-0.2, -0.15) is 0 Å². The van der Waals surface area contributed by atoms with Crippen LogP contribution in [0.2, 0.25) is 0 Å². The van der Waals surface area contributed by atoms with Crippen molar-refractivity contribution in [3.05, 3.63) is 114 Å². The molecule has 0 radical (unpaired) electrons. The molecule has 2 nitrogen and oxygen atoms in total. The second-order valence-electron chi connectivity index (χ2n) is 5.93. The molecule has 1 aromatic heterocycles. The van der Waals surface area contributed by atoms with Gasteiger partial charge < -0.3 is 5.73 Å². The summed E-state index contributed by atoms with van der Waals surface area (Å²) in [6, 6.07) is 32.5. The van der Waals surface area contributed by atoms with Crippen molar-refractivity contribution >= 4 is 10.9 Å². The summed E-state index contributed by atoms with van der Waals surface area (Å²) in [6.45, 7) is 0. The molecule has 2 N–H and O–H groups in total. The van der Waals surface area contributed by atoms with Gasteiger partial charge in [0.15, 0.2) is 0 Å². The molecule has 4 rings (SSSR count). The third-order valence-electron chi connectivity index (χ3n) is 4.46. The van der Waals surface area contributed by atoms with Crippen LogP contribution in [-0.2, 0) is 5.54 Å². The first-order chi connectivity index (χ1) is 11.8. The van der Waals surface area contributed by atoms with Gasteiger partial charge in [0.1, 0.15) is 5.54 Å². The lowest BCUT2D eigenvalue weighted by molar-refractivity contribution is 0.632. The SMILES string of the molecule is NC(c1ccccc1)(c1ccccc1)c1ccc2ccccc2n1. The standard InChI is InChI=1S/C22H18N2/c23-22(18-10-3-1-4-11-18,19-12-5-2-6-13-19)21-16-15-17-9-7-8-14-20(17)24-21/h1-16H,23H2. The predicted octanol–water partition coefficient (Wildman–Crippen LogP) is 4.49. The molecule has 0 saturated carbocycles. The fraction of sp³-hybridized carbons (Fsp3) is 0.0455. The van der Waals surface area contributed by atoms with Crippen LogP contribution in [0.5, 0.6) is 0 Å². The van der Waals surface area contributed by atoms with Crippen LogP contribution in [0.15, 0.2) is 97.1 Å². The Morgan fingerprint density at radius 3 is 1.75 bits per heavy atom. The number of rotatable bonds is 3. The van der Waals surface area contributed by atoms with E-state index >= 15 is 0 Å². The minimum absolute atomic E-state index is 0.785. The molecule has 0 aliphatic heterocycles. The van der Waals surface area contributed by atoms with Crippen LogP contribution in [0.1, 0.15) is 16.8 Å². The molecule has 0 aliphatic carbocycles. The summed E-state index contributed by atoms with van der Waals surface area (Å²) in [4.78, 5) is 4.88. The molecule has 1 heterocycles. The number of hydrogen-bond donors (Lipinski definition) is 1. The van der Waals surface area contributed by atoms with Crippen LogP contribution in [0.3, 0.4) is 0 Å². The van der Waals surface area contributed by atoms with Gasteiger partial charge in [0.2, 0.25) is 0 Å². The second-order valence-corrected chi connectivity index (χ2v) is 5.93. The van der Waals surface area contributed by atoms with Gasteiger partial charge in [-0.05, 0) is 23.3 Å². The molecule has 0 fully saturated rings. The van der Waals surface area contributed by atoms with Gasteiger partial charge in [-0.15, -0.1) is 0 Å². The third-order valence-corrected chi connectivity index (χ3v) is 4.46. The van der Waals surface area contributed by atoms with Crippen molar-refractivity contribution in [2.75, 3.05) is 0 Å². The fourth-order valence-electron chi connectivity index (χ4n) is 3.15. The predicted molar refractivity (Wildman–Crippen MR) is 98.7 cm³/mol. The highest BCUT2D eigenvalue weighted by molar-refractivity contribution is 5.78. The van der Waals surface area contributed by atoms with Crippen LogP contribution in [-0.4, -0.2) is 4.98 Å². The molecule has 4 aromatic rings. The molecule has 24 heavy (non-hydrogen) atoms. The molecule has 0 atom stereocenters. The summed E-state index contributed by atoms with van der Waals surface area (Å²) >= 11 is 0. The van der Waals surface area contributed by atoms with Crippen molar-refractivity contribution in [1.29, 1.82) is 0 Å². The zero-order chi connectivity index (χ0) is 16.4. The highest BCUT2D eigenvalue weighted by atomic mass is 14.8. The van der Waals surface area contributed by atoms with E-state index in [9.17, 15) is 0 Å². The summed E-state index contributed by atoms with van der Waals surface area (Å²) in [5.74, 6) is 0. The van der Waals surface area contributed by atoms with Crippen molar-refractivity contribution in [2.24, 2.45) is 5.73 Å². The van der Waals surface area contributed by atoms with Gasteiger partial charge in [0, 0.05) is 5.39 Å². The number of aromatic nitrogens is 1. The molecule has 0 spiro atoms. The highest BCUT2D eigenvalue weighted by Gasteiger charge is 2.33. The van der Waals surface area contributed by atoms with Crippen LogP contribution in [0.4, 0.5) is 0 Å². The molecular weight excluding hydrogens is 292 g/mol. The topological polar surface area (TPSA) is 38.9 Å². The molecule has 3 aromatic carbocycles. The maximum atomic E-state index is 6.99. The molecule has 0 saturated heterocycles. The first kappa shape index (κ1) is 14.6. The van der Waals surface area contributed by atoms with Crippen molar-refractivity contribution in [1.82, 2.24) is 4.98 Å². The van der Waals surface area contributed by atoms with Crippen molar-refractivity contribution in [2.45, 2.75) is 5.54 Å². The smallest absolute Gasteiger partial charge is 0.110 e. The van der Waals surface area contributed by atoms with Crippen molar-refractivity contribution in [3.63, 3.8) is 0 Å². The number of hydrogen-bond acceptors (Lipinski definition) is 2. The molecule has 0 bridgehead atoms. The van der Waals surface area contributed by atoms with Gasteiger partial charge in [-0.25, -0.2) is 0 Å². The Balaban J connectivity index is 1.98. The van der Waals surface area contributed by atoms with E-state index in [1.54, 1.807) is 0 Å². The summed E-state index contributed by atoms with van der Waals surface area (Å²) in [6.07, 6.45) is 0. The molecule has 0 amide bonds. The summed E-state index contributed by atoms with van der Waals surface area (Å²) in [5, 5.41) is 1.12. The quantitative estimate of drug-likeness (QED) is 0.605. The Bertz CT molecular complexity index is 923. The lowest BCUT2D eigenvalue weighted by atomic mass is 9.80. The maximum Gasteiger partial charge on any atom is 0.110 e. The van der Waals surface area contributed by atoms with Gasteiger partial charge in [0.05, 0.1) is 11.2 Å². The largest absolute Gasteiger partial charge is 0.313 e.